The standard InChI is InChI=1S/C17H26N2O2/c1-4-18-15-8-10-19(11-9-15)17(20)14-6-5-7-16(12-14)21-13(2)3/h5-7,12-13,15,18H,4,8-11H2,1-3H3. The molecule has 0 spiro atoms. The minimum Gasteiger partial charge on any atom is -0.491 e. The van der Waals surface area contributed by atoms with Crippen LogP contribution in [0.5, 0.6) is 5.75 Å². The first kappa shape index (κ1) is 15.8. The van der Waals surface area contributed by atoms with Gasteiger partial charge in [-0.15, -0.1) is 0 Å². The smallest absolute Gasteiger partial charge is 0.253 e. The van der Waals surface area contributed by atoms with Crippen molar-refractivity contribution >= 4 is 5.91 Å². The molecule has 0 bridgehead atoms. The van der Waals surface area contributed by atoms with Gasteiger partial charge in [-0.1, -0.05) is 13.0 Å². The lowest BCUT2D eigenvalue weighted by molar-refractivity contribution is 0.0705. The van der Waals surface area contributed by atoms with E-state index in [2.05, 4.69) is 12.2 Å². The third-order valence-electron chi connectivity index (χ3n) is 3.73. The van der Waals surface area contributed by atoms with E-state index >= 15 is 0 Å². The van der Waals surface area contributed by atoms with E-state index in [1.807, 2.05) is 43.0 Å². The monoisotopic (exact) mass is 290 g/mol. The van der Waals surface area contributed by atoms with E-state index in [1.165, 1.54) is 0 Å². The predicted octanol–water partition coefficient (Wildman–Crippen LogP) is 2.69. The molecule has 0 aliphatic carbocycles. The van der Waals surface area contributed by atoms with E-state index in [9.17, 15) is 4.79 Å². The highest BCUT2D eigenvalue weighted by Gasteiger charge is 2.23. The molecule has 1 aliphatic rings. The molecule has 1 saturated heterocycles. The minimum atomic E-state index is 0.110. The van der Waals surface area contributed by atoms with Crippen molar-refractivity contribution in [2.24, 2.45) is 0 Å². The SMILES string of the molecule is CCNC1CCN(C(=O)c2cccc(OC(C)C)c2)CC1. The zero-order valence-electron chi connectivity index (χ0n) is 13.3. The summed E-state index contributed by atoms with van der Waals surface area (Å²) in [6, 6.07) is 8.05. The van der Waals surface area contributed by atoms with Gasteiger partial charge in [0.1, 0.15) is 5.75 Å². The molecule has 1 aliphatic heterocycles. The molecule has 0 saturated carbocycles. The van der Waals surface area contributed by atoms with Gasteiger partial charge in [0.25, 0.3) is 5.91 Å². The molecule has 0 radical (unpaired) electrons. The maximum atomic E-state index is 12.6. The maximum absolute atomic E-state index is 12.6. The number of piperidine rings is 1. The fraction of sp³-hybridized carbons (Fsp3) is 0.588. The Hall–Kier alpha value is -1.55. The number of ether oxygens (including phenoxy) is 1. The van der Waals surface area contributed by atoms with Gasteiger partial charge in [-0.05, 0) is 51.4 Å². The Morgan fingerprint density at radius 3 is 2.71 bits per heavy atom. The van der Waals surface area contributed by atoms with Crippen LogP contribution in [0.1, 0.15) is 44.0 Å². The van der Waals surface area contributed by atoms with E-state index in [-0.39, 0.29) is 12.0 Å². The maximum Gasteiger partial charge on any atom is 0.253 e. The lowest BCUT2D eigenvalue weighted by Crippen LogP contribution is -2.44. The van der Waals surface area contributed by atoms with Crippen LogP contribution in [-0.4, -0.2) is 42.6 Å². The number of rotatable bonds is 5. The summed E-state index contributed by atoms with van der Waals surface area (Å²) in [5.74, 6) is 0.873. The van der Waals surface area contributed by atoms with Crippen molar-refractivity contribution in [3.63, 3.8) is 0 Å². The van der Waals surface area contributed by atoms with Crippen LogP contribution in [0.25, 0.3) is 0 Å². The molecule has 4 nitrogen and oxygen atoms in total. The number of hydrogen-bond donors (Lipinski definition) is 1. The van der Waals surface area contributed by atoms with Gasteiger partial charge >= 0.3 is 0 Å². The number of nitrogens with zero attached hydrogens (tertiary/aromatic N) is 1. The molecule has 1 aromatic rings. The van der Waals surface area contributed by atoms with E-state index in [0.717, 1.165) is 43.8 Å². The highest BCUT2D eigenvalue weighted by Crippen LogP contribution is 2.18. The third kappa shape index (κ3) is 4.46. The van der Waals surface area contributed by atoms with Gasteiger partial charge in [-0.2, -0.15) is 0 Å². The molecule has 0 atom stereocenters. The highest BCUT2D eigenvalue weighted by atomic mass is 16.5. The summed E-state index contributed by atoms with van der Waals surface area (Å²) in [5, 5.41) is 3.46. The summed E-state index contributed by atoms with van der Waals surface area (Å²) in [6.45, 7) is 8.74. The Labute approximate surface area is 127 Å². The third-order valence-corrected chi connectivity index (χ3v) is 3.73. The largest absolute Gasteiger partial charge is 0.491 e. The van der Waals surface area contributed by atoms with Crippen LogP contribution >= 0.6 is 0 Å². The van der Waals surface area contributed by atoms with E-state index < -0.39 is 0 Å². The number of likely N-dealkylation sites (tertiary alicyclic amines) is 1. The van der Waals surface area contributed by atoms with Crippen molar-refractivity contribution in [2.75, 3.05) is 19.6 Å². The molecule has 21 heavy (non-hydrogen) atoms. The normalized spacial score (nSPS) is 16.3. The average Bonchev–Trinajstić information content (AvgIpc) is 2.47. The van der Waals surface area contributed by atoms with Crippen LogP contribution < -0.4 is 10.1 Å². The molecule has 1 aromatic carbocycles. The van der Waals surface area contributed by atoms with Crippen molar-refractivity contribution in [3.05, 3.63) is 29.8 Å². The van der Waals surface area contributed by atoms with Crippen LogP contribution in [-0.2, 0) is 0 Å². The molecular weight excluding hydrogens is 264 g/mol. The van der Waals surface area contributed by atoms with Crippen molar-refractivity contribution in [1.29, 1.82) is 0 Å². The van der Waals surface area contributed by atoms with Gasteiger partial charge in [0.05, 0.1) is 6.10 Å². The van der Waals surface area contributed by atoms with Crippen LogP contribution in [0.2, 0.25) is 0 Å². The van der Waals surface area contributed by atoms with Crippen LogP contribution in [0.3, 0.4) is 0 Å². The van der Waals surface area contributed by atoms with Crippen molar-refractivity contribution < 1.29 is 9.53 Å². The summed E-state index contributed by atoms with van der Waals surface area (Å²) in [6.07, 6.45) is 2.18. The number of nitrogens with one attached hydrogen (secondary N) is 1. The second kappa shape index (κ2) is 7.46. The first-order valence-electron chi connectivity index (χ1n) is 7.89. The van der Waals surface area contributed by atoms with Gasteiger partial charge in [0.15, 0.2) is 0 Å². The van der Waals surface area contributed by atoms with Gasteiger partial charge in [0, 0.05) is 24.7 Å². The summed E-state index contributed by atoms with van der Waals surface area (Å²) < 4.78 is 5.66. The Balaban J connectivity index is 1.97. The summed E-state index contributed by atoms with van der Waals surface area (Å²) >= 11 is 0. The Morgan fingerprint density at radius 1 is 1.38 bits per heavy atom. The average molecular weight is 290 g/mol. The first-order chi connectivity index (χ1) is 10.1. The molecule has 1 amide bonds. The summed E-state index contributed by atoms with van der Waals surface area (Å²) in [4.78, 5) is 14.5. The van der Waals surface area contributed by atoms with E-state index in [4.69, 9.17) is 4.74 Å². The molecule has 116 valence electrons. The Bertz CT molecular complexity index is 466. The second-order valence-corrected chi connectivity index (χ2v) is 5.82. The molecule has 2 rings (SSSR count). The number of hydrogen-bond acceptors (Lipinski definition) is 3. The second-order valence-electron chi connectivity index (χ2n) is 5.82. The van der Waals surface area contributed by atoms with E-state index in [1.54, 1.807) is 0 Å². The van der Waals surface area contributed by atoms with Gasteiger partial charge in [-0.25, -0.2) is 0 Å². The number of benzene rings is 1. The predicted molar refractivity (Wildman–Crippen MR) is 84.8 cm³/mol. The van der Waals surface area contributed by atoms with Gasteiger partial charge in [-0.3, -0.25) is 4.79 Å². The zero-order chi connectivity index (χ0) is 15.2. The molecule has 1 heterocycles. The first-order valence-corrected chi connectivity index (χ1v) is 7.89. The number of amides is 1. The molecular formula is C17H26N2O2. The Kier molecular flexibility index (Phi) is 5.62. The lowest BCUT2D eigenvalue weighted by Gasteiger charge is -2.32. The van der Waals surface area contributed by atoms with Crippen LogP contribution in [0, 0.1) is 0 Å². The van der Waals surface area contributed by atoms with E-state index in [0.29, 0.717) is 6.04 Å². The van der Waals surface area contributed by atoms with Crippen LogP contribution in [0.15, 0.2) is 24.3 Å². The lowest BCUT2D eigenvalue weighted by atomic mass is 10.0. The van der Waals surface area contributed by atoms with Crippen molar-refractivity contribution in [2.45, 2.75) is 45.8 Å². The Morgan fingerprint density at radius 2 is 2.10 bits per heavy atom. The zero-order valence-corrected chi connectivity index (χ0v) is 13.3. The summed E-state index contributed by atoms with van der Waals surface area (Å²) in [7, 11) is 0. The quantitative estimate of drug-likeness (QED) is 0.906. The molecule has 1 N–H and O–H groups in total. The fourth-order valence-electron chi connectivity index (χ4n) is 2.73. The fourth-order valence-corrected chi connectivity index (χ4v) is 2.73. The topological polar surface area (TPSA) is 41.6 Å². The van der Waals surface area contributed by atoms with Gasteiger partial charge < -0.3 is 15.0 Å². The molecule has 0 unspecified atom stereocenters. The highest BCUT2D eigenvalue weighted by molar-refractivity contribution is 5.94. The minimum absolute atomic E-state index is 0.110. The number of carbonyl (C=O) groups excluding carboxylic acids is 1. The molecule has 1 fully saturated rings. The number of carbonyl (C=O) groups is 1. The van der Waals surface area contributed by atoms with Crippen LogP contribution in [0.4, 0.5) is 0 Å². The molecule has 0 aromatic heterocycles. The molecule has 4 heteroatoms. The van der Waals surface area contributed by atoms with Crippen molar-refractivity contribution in [3.8, 4) is 5.75 Å². The van der Waals surface area contributed by atoms with Gasteiger partial charge in [0.2, 0.25) is 0 Å². The summed E-state index contributed by atoms with van der Waals surface area (Å²) in [5.41, 5.74) is 0.718. The van der Waals surface area contributed by atoms with Crippen molar-refractivity contribution in [1.82, 2.24) is 10.2 Å².